The van der Waals surface area contributed by atoms with Crippen molar-refractivity contribution in [3.05, 3.63) is 48.6 Å². The van der Waals surface area contributed by atoms with Crippen LogP contribution in [0, 0.1) is 0 Å². The summed E-state index contributed by atoms with van der Waals surface area (Å²) in [7, 11) is -4.17. The van der Waals surface area contributed by atoms with Crippen LogP contribution in [0.5, 0.6) is 0 Å². The van der Waals surface area contributed by atoms with Crippen molar-refractivity contribution in [2.75, 3.05) is 6.54 Å². The average Bonchev–Trinajstić information content (AvgIpc) is 2.25. The fraction of sp³-hybridized carbons (Fsp3) is 0.273. The summed E-state index contributed by atoms with van der Waals surface area (Å²) in [5.41, 5.74) is 6.15. The minimum absolute atomic E-state index is 0.148. The molecule has 88 valence electrons. The minimum Gasteiger partial charge on any atom is -0.329 e. The maximum absolute atomic E-state index is 11.2. The van der Waals surface area contributed by atoms with E-state index in [0.29, 0.717) is 0 Å². The largest absolute Gasteiger partial charge is 0.329 e. The van der Waals surface area contributed by atoms with Crippen LogP contribution in [0.4, 0.5) is 0 Å². The second-order valence-electron chi connectivity index (χ2n) is 3.46. The molecular weight excluding hydrogens is 226 g/mol. The van der Waals surface area contributed by atoms with Crippen molar-refractivity contribution in [3.8, 4) is 0 Å². The van der Waals surface area contributed by atoms with Crippen molar-refractivity contribution in [3.63, 3.8) is 0 Å². The van der Waals surface area contributed by atoms with E-state index in [1.807, 2.05) is 6.07 Å². The van der Waals surface area contributed by atoms with E-state index in [0.717, 1.165) is 5.56 Å². The van der Waals surface area contributed by atoms with Gasteiger partial charge in [-0.05, 0) is 5.56 Å². The van der Waals surface area contributed by atoms with Crippen LogP contribution in [0.3, 0.4) is 0 Å². The number of hydrogen-bond donors (Lipinski definition) is 2. The number of hydrogen-bond acceptors (Lipinski definition) is 3. The van der Waals surface area contributed by atoms with E-state index in [-0.39, 0.29) is 6.54 Å². The van der Waals surface area contributed by atoms with Gasteiger partial charge in [-0.25, -0.2) is 0 Å². The normalized spacial score (nSPS) is 15.4. The Kier molecular flexibility index (Phi) is 4.23. The summed E-state index contributed by atoms with van der Waals surface area (Å²) < 4.78 is 31.4. The van der Waals surface area contributed by atoms with Crippen LogP contribution in [0.1, 0.15) is 11.5 Å². The topological polar surface area (TPSA) is 80.4 Å². The lowest BCUT2D eigenvalue weighted by atomic mass is 9.95. The fourth-order valence-electron chi connectivity index (χ4n) is 1.63. The van der Waals surface area contributed by atoms with Crippen molar-refractivity contribution in [1.29, 1.82) is 0 Å². The molecule has 0 saturated carbocycles. The Morgan fingerprint density at radius 1 is 1.38 bits per heavy atom. The highest BCUT2D eigenvalue weighted by atomic mass is 32.2. The molecule has 2 unspecified atom stereocenters. The molecule has 0 fully saturated rings. The summed E-state index contributed by atoms with van der Waals surface area (Å²) in [6, 6.07) is 8.97. The Balaban J connectivity index is 3.12. The summed E-state index contributed by atoms with van der Waals surface area (Å²) >= 11 is 0. The molecule has 0 aliphatic heterocycles. The molecule has 0 saturated heterocycles. The van der Waals surface area contributed by atoms with E-state index in [1.54, 1.807) is 24.3 Å². The summed E-state index contributed by atoms with van der Waals surface area (Å²) in [4.78, 5) is 0. The van der Waals surface area contributed by atoms with Crippen molar-refractivity contribution in [2.24, 2.45) is 5.73 Å². The number of nitrogens with two attached hydrogens (primary N) is 1. The van der Waals surface area contributed by atoms with E-state index >= 15 is 0 Å². The first kappa shape index (κ1) is 12.9. The summed E-state index contributed by atoms with van der Waals surface area (Å²) in [6.07, 6.45) is 1.49. The lowest BCUT2D eigenvalue weighted by Gasteiger charge is -2.20. The van der Waals surface area contributed by atoms with Gasteiger partial charge in [-0.15, -0.1) is 6.58 Å². The summed E-state index contributed by atoms with van der Waals surface area (Å²) in [5, 5.41) is -1.05. The lowest BCUT2D eigenvalue weighted by Crippen LogP contribution is -2.34. The van der Waals surface area contributed by atoms with Crippen LogP contribution in [0.25, 0.3) is 0 Å². The number of benzene rings is 1. The Morgan fingerprint density at radius 3 is 2.31 bits per heavy atom. The first-order chi connectivity index (χ1) is 7.50. The molecule has 5 heteroatoms. The second kappa shape index (κ2) is 5.25. The standard InChI is InChI=1S/C11H15NO3S/c1-2-10(9-6-4-3-5-7-9)11(8-12)16(13,14)15/h2-7,10-11H,1,8,12H2,(H,13,14,15). The molecule has 1 aromatic carbocycles. The molecule has 3 N–H and O–H groups in total. The lowest BCUT2D eigenvalue weighted by molar-refractivity contribution is 0.461. The van der Waals surface area contributed by atoms with Crippen molar-refractivity contribution >= 4 is 10.1 Å². The third-order valence-corrected chi connectivity index (χ3v) is 3.70. The Hall–Kier alpha value is -1.17. The SMILES string of the molecule is C=CC(c1ccccc1)C(CN)S(=O)(=O)O. The zero-order valence-corrected chi connectivity index (χ0v) is 9.60. The first-order valence-electron chi connectivity index (χ1n) is 4.84. The van der Waals surface area contributed by atoms with Gasteiger partial charge in [0, 0.05) is 12.5 Å². The van der Waals surface area contributed by atoms with Crippen LogP contribution < -0.4 is 5.73 Å². The highest BCUT2D eigenvalue weighted by Gasteiger charge is 2.29. The van der Waals surface area contributed by atoms with Crippen molar-refractivity contribution < 1.29 is 13.0 Å². The van der Waals surface area contributed by atoms with Gasteiger partial charge < -0.3 is 5.73 Å². The fourth-order valence-corrected chi connectivity index (χ4v) is 2.51. The number of rotatable bonds is 5. The monoisotopic (exact) mass is 241 g/mol. The maximum Gasteiger partial charge on any atom is 0.269 e. The van der Waals surface area contributed by atoms with Gasteiger partial charge in [0.15, 0.2) is 0 Å². The van der Waals surface area contributed by atoms with E-state index in [2.05, 4.69) is 6.58 Å². The molecule has 0 aliphatic rings. The van der Waals surface area contributed by atoms with Gasteiger partial charge in [0.2, 0.25) is 0 Å². The van der Waals surface area contributed by atoms with Crippen LogP contribution >= 0.6 is 0 Å². The van der Waals surface area contributed by atoms with Crippen molar-refractivity contribution in [2.45, 2.75) is 11.2 Å². The van der Waals surface area contributed by atoms with Crippen LogP contribution in [-0.4, -0.2) is 24.8 Å². The molecule has 1 rings (SSSR count). The third kappa shape index (κ3) is 2.91. The second-order valence-corrected chi connectivity index (χ2v) is 5.10. The van der Waals surface area contributed by atoms with E-state index in [1.165, 1.54) is 6.08 Å². The molecule has 0 aliphatic carbocycles. The predicted molar refractivity (Wildman–Crippen MR) is 63.8 cm³/mol. The smallest absolute Gasteiger partial charge is 0.269 e. The van der Waals surface area contributed by atoms with E-state index < -0.39 is 21.3 Å². The van der Waals surface area contributed by atoms with Gasteiger partial charge >= 0.3 is 0 Å². The quantitative estimate of drug-likeness (QED) is 0.599. The molecule has 4 nitrogen and oxygen atoms in total. The van der Waals surface area contributed by atoms with Gasteiger partial charge in [-0.2, -0.15) is 8.42 Å². The van der Waals surface area contributed by atoms with Gasteiger partial charge in [-0.1, -0.05) is 36.4 Å². The molecule has 0 spiro atoms. The summed E-state index contributed by atoms with van der Waals surface area (Å²) in [6.45, 7) is 3.44. The summed E-state index contributed by atoms with van der Waals surface area (Å²) in [5.74, 6) is -0.499. The molecular formula is C11H15NO3S. The van der Waals surface area contributed by atoms with Gasteiger partial charge in [0.05, 0.1) is 0 Å². The Bertz CT molecular complexity index is 442. The number of allylic oxidation sites excluding steroid dienone is 1. The van der Waals surface area contributed by atoms with Gasteiger partial charge in [-0.3, -0.25) is 4.55 Å². The molecule has 1 aromatic rings. The molecule has 0 radical (unpaired) electrons. The van der Waals surface area contributed by atoms with Crippen LogP contribution in [0.2, 0.25) is 0 Å². The Labute approximate surface area is 95.5 Å². The highest BCUT2D eigenvalue weighted by Crippen LogP contribution is 2.24. The van der Waals surface area contributed by atoms with Crippen molar-refractivity contribution in [1.82, 2.24) is 0 Å². The van der Waals surface area contributed by atoms with Crippen LogP contribution in [-0.2, 0) is 10.1 Å². The highest BCUT2D eigenvalue weighted by molar-refractivity contribution is 7.86. The maximum atomic E-state index is 11.2. The van der Waals surface area contributed by atoms with Crippen LogP contribution in [0.15, 0.2) is 43.0 Å². The van der Waals surface area contributed by atoms with Gasteiger partial charge in [0.25, 0.3) is 10.1 Å². The first-order valence-corrected chi connectivity index (χ1v) is 6.35. The average molecular weight is 241 g/mol. The molecule has 0 amide bonds. The molecule has 0 aromatic heterocycles. The predicted octanol–water partition coefficient (Wildman–Crippen LogP) is 1.17. The molecule has 16 heavy (non-hydrogen) atoms. The molecule has 0 heterocycles. The third-order valence-electron chi connectivity index (χ3n) is 2.45. The minimum atomic E-state index is -4.17. The Morgan fingerprint density at radius 2 is 1.94 bits per heavy atom. The zero-order valence-electron chi connectivity index (χ0n) is 8.78. The van der Waals surface area contributed by atoms with Gasteiger partial charge in [0.1, 0.15) is 5.25 Å². The molecule has 0 bridgehead atoms. The van der Waals surface area contributed by atoms with E-state index in [9.17, 15) is 8.42 Å². The van der Waals surface area contributed by atoms with E-state index in [4.69, 9.17) is 10.3 Å². The zero-order chi connectivity index (χ0) is 12.2. The molecule has 2 atom stereocenters.